The lowest BCUT2D eigenvalue weighted by Gasteiger charge is -2.63. The van der Waals surface area contributed by atoms with Crippen molar-refractivity contribution in [3.63, 3.8) is 0 Å². The minimum atomic E-state index is -1.80. The molecule has 3 aliphatic heterocycles. The maximum atomic E-state index is 11.5. The van der Waals surface area contributed by atoms with Crippen LogP contribution in [0.25, 0.3) is 0 Å². The van der Waals surface area contributed by atoms with Gasteiger partial charge in [0.05, 0.1) is 38.1 Å². The first-order valence-corrected chi connectivity index (χ1v) is 24.4. The van der Waals surface area contributed by atoms with Crippen LogP contribution in [0.15, 0.2) is 11.6 Å². The van der Waals surface area contributed by atoms with Crippen molar-refractivity contribution in [2.45, 2.75) is 217 Å². The molecule has 17 nitrogen and oxygen atoms in total. The molecule has 8 aliphatic rings. The van der Waals surface area contributed by atoms with Crippen molar-refractivity contribution in [2.75, 3.05) is 19.8 Å². The second-order valence-corrected chi connectivity index (χ2v) is 22.8. The second kappa shape index (κ2) is 18.3. The lowest BCUT2D eigenvalue weighted by Crippen LogP contribution is -2.65. The maximum Gasteiger partial charge on any atom is 0.187 e. The Balaban J connectivity index is 0.888. The number of fused-ring (bicyclic) bond motifs is 2. The van der Waals surface area contributed by atoms with Crippen LogP contribution in [0, 0.1) is 50.7 Å². The molecule has 0 aromatic carbocycles. The summed E-state index contributed by atoms with van der Waals surface area (Å²) < 4.78 is 35.6. The van der Waals surface area contributed by atoms with Gasteiger partial charge in [-0.3, -0.25) is 0 Å². The molecule has 5 saturated carbocycles. The van der Waals surface area contributed by atoms with Gasteiger partial charge in [0.25, 0.3) is 0 Å². The zero-order chi connectivity index (χ0) is 47.3. The number of rotatable bonds is 13. The Morgan fingerprint density at radius 1 is 0.662 bits per heavy atom. The molecule has 5 aliphatic carbocycles. The van der Waals surface area contributed by atoms with Crippen LogP contribution in [-0.4, -0.2) is 180 Å². The van der Waals surface area contributed by atoms with E-state index in [-0.39, 0.29) is 45.7 Å². The quantitative estimate of drug-likeness (QED) is 0.0892. The first-order valence-electron chi connectivity index (χ1n) is 24.4. The Labute approximate surface area is 383 Å². The van der Waals surface area contributed by atoms with E-state index in [4.69, 9.17) is 28.4 Å². The zero-order valence-corrected chi connectivity index (χ0v) is 39.3. The van der Waals surface area contributed by atoms with Crippen LogP contribution < -0.4 is 0 Å². The van der Waals surface area contributed by atoms with Gasteiger partial charge < -0.3 is 84.6 Å². The summed E-state index contributed by atoms with van der Waals surface area (Å²) in [5.74, 6) is 1.62. The Morgan fingerprint density at radius 3 is 1.94 bits per heavy atom. The fraction of sp³-hybridized carbons (Fsp3) is 0.958. The van der Waals surface area contributed by atoms with Crippen molar-refractivity contribution in [2.24, 2.45) is 50.7 Å². The molecule has 0 amide bonds. The summed E-state index contributed by atoms with van der Waals surface area (Å²) in [6, 6.07) is 0. The van der Waals surface area contributed by atoms with Gasteiger partial charge in [0.15, 0.2) is 18.9 Å². The summed E-state index contributed by atoms with van der Waals surface area (Å²) in [7, 11) is 0. The molecule has 2 spiro atoms. The van der Waals surface area contributed by atoms with E-state index >= 15 is 0 Å². The molecule has 0 unspecified atom stereocenters. The highest BCUT2D eigenvalue weighted by molar-refractivity contribution is 5.31. The molecule has 3 saturated heterocycles. The monoisotopic (exact) mass is 929 g/mol. The fourth-order valence-corrected chi connectivity index (χ4v) is 15.5. The summed E-state index contributed by atoms with van der Waals surface area (Å²) in [5, 5.41) is 116. The third-order valence-corrected chi connectivity index (χ3v) is 19.6. The van der Waals surface area contributed by atoms with E-state index < -0.39 is 111 Å². The maximum absolute atomic E-state index is 11.5. The van der Waals surface area contributed by atoms with Crippen LogP contribution in [0.5, 0.6) is 0 Å². The van der Waals surface area contributed by atoms with E-state index in [9.17, 15) is 56.2 Å². The number of aliphatic hydroxyl groups excluding tert-OH is 11. The molecule has 0 bridgehead atoms. The van der Waals surface area contributed by atoms with E-state index in [2.05, 4.69) is 34.6 Å². The van der Waals surface area contributed by atoms with Crippen molar-refractivity contribution >= 4 is 0 Å². The van der Waals surface area contributed by atoms with Crippen molar-refractivity contribution < 1.29 is 84.6 Å². The van der Waals surface area contributed by atoms with Gasteiger partial charge in [0.1, 0.15) is 67.1 Å². The zero-order valence-electron chi connectivity index (χ0n) is 39.3. The normalized spacial score (nSPS) is 53.9. The van der Waals surface area contributed by atoms with E-state index in [1.807, 2.05) is 13.0 Å². The molecular formula is C48H80O17. The average Bonchev–Trinajstić information content (AvgIpc) is 3.86. The largest absolute Gasteiger partial charge is 0.394 e. The van der Waals surface area contributed by atoms with Crippen LogP contribution in [0.4, 0.5) is 0 Å². The molecule has 0 aromatic heterocycles. The lowest BCUT2D eigenvalue weighted by atomic mass is 9.41. The standard InChI is InChI=1S/C48H80O17/c1-22(18-49)8-9-26(51)23(2)25-12-14-46(7)30-11-10-29-44(4,5)31(13-15-47(29)21-48(30,47)17-16-45(25,46)6)64-42-39(59)36(56)40(24(3)61-42)65-43-38(58)35(55)33(53)28(63-43)20-60-41-37(57)34(54)32(52)27(19-50)62-41/h8,23-43,49-59H,9-21H2,1-7H3/b22-8+/t23-,24+,25+,26-,27+,28+,29-,30-,31-,32+,33+,34-,35-,36+,37+,38+,39+,40-,41+,42-,43-,45+,46-,47+,48-/m0/s1. The van der Waals surface area contributed by atoms with Crippen molar-refractivity contribution in [3.8, 4) is 0 Å². The van der Waals surface area contributed by atoms with Crippen LogP contribution in [0.1, 0.15) is 113 Å². The Bertz CT molecular complexity index is 1700. The molecule has 374 valence electrons. The summed E-state index contributed by atoms with van der Waals surface area (Å²) in [6.45, 7) is 14.2. The smallest absolute Gasteiger partial charge is 0.187 e. The van der Waals surface area contributed by atoms with Crippen molar-refractivity contribution in [1.29, 1.82) is 0 Å². The molecule has 3 heterocycles. The predicted molar refractivity (Wildman–Crippen MR) is 230 cm³/mol. The molecule has 0 radical (unpaired) electrons. The first-order chi connectivity index (χ1) is 30.5. The summed E-state index contributed by atoms with van der Waals surface area (Å²) >= 11 is 0. The van der Waals surface area contributed by atoms with Crippen LogP contribution in [0.2, 0.25) is 0 Å². The summed E-state index contributed by atoms with van der Waals surface area (Å²) in [5.41, 5.74) is 1.43. The SMILES string of the molecule is C/C(=C\C[C@H](O)[C@@H](C)[C@H]1CC[C@@]2(C)[C@@H]3CC[C@H]4C(C)(C)[C@@H](O[C@@H]5O[C@H](C)[C@H](O[C@@H]6O[C@H](CO[C@@H]7O[C@H](CO)[C@@H](O)[C@H](O)[C@H]7O)[C@@H](O)[C@H](O)[C@H]6O)[C@H](O)[C@H]5O)CC[C@@]45C[C@@]35CC[C@]12C)CO. The summed E-state index contributed by atoms with van der Waals surface area (Å²) in [4.78, 5) is 0. The van der Waals surface area contributed by atoms with Gasteiger partial charge in [-0.25, -0.2) is 0 Å². The molecule has 25 atom stereocenters. The fourth-order valence-electron chi connectivity index (χ4n) is 15.5. The molecule has 0 aromatic rings. The number of ether oxygens (including phenoxy) is 6. The van der Waals surface area contributed by atoms with Crippen LogP contribution >= 0.6 is 0 Å². The van der Waals surface area contributed by atoms with Gasteiger partial charge in [0.2, 0.25) is 0 Å². The highest BCUT2D eigenvalue weighted by atomic mass is 16.8. The highest BCUT2D eigenvalue weighted by Crippen LogP contribution is 2.89. The summed E-state index contributed by atoms with van der Waals surface area (Å²) in [6.07, 6.45) is -10.9. The van der Waals surface area contributed by atoms with Crippen LogP contribution in [-0.2, 0) is 28.4 Å². The highest BCUT2D eigenvalue weighted by Gasteiger charge is 2.82. The Kier molecular flexibility index (Phi) is 14.2. The minimum absolute atomic E-state index is 0.0124. The van der Waals surface area contributed by atoms with Crippen molar-refractivity contribution in [1.82, 2.24) is 0 Å². The number of aliphatic hydroxyl groups is 11. The first kappa shape index (κ1) is 50.4. The van der Waals surface area contributed by atoms with Gasteiger partial charge >= 0.3 is 0 Å². The van der Waals surface area contributed by atoms with E-state index in [0.29, 0.717) is 24.2 Å². The van der Waals surface area contributed by atoms with Crippen molar-refractivity contribution in [3.05, 3.63) is 11.6 Å². The van der Waals surface area contributed by atoms with E-state index in [1.54, 1.807) is 6.92 Å². The third-order valence-electron chi connectivity index (χ3n) is 19.6. The lowest BCUT2D eigenvalue weighted by molar-refractivity contribution is -0.368. The second-order valence-electron chi connectivity index (χ2n) is 22.8. The molecule has 65 heavy (non-hydrogen) atoms. The topological polar surface area (TPSA) is 278 Å². The molecule has 8 rings (SSSR count). The van der Waals surface area contributed by atoms with Gasteiger partial charge in [-0.2, -0.15) is 0 Å². The predicted octanol–water partition coefficient (Wildman–Crippen LogP) is 0.612. The minimum Gasteiger partial charge on any atom is -0.394 e. The molecule has 17 heteroatoms. The molecule has 8 fully saturated rings. The molecule has 11 N–H and O–H groups in total. The van der Waals surface area contributed by atoms with Gasteiger partial charge in [-0.05, 0) is 129 Å². The van der Waals surface area contributed by atoms with Crippen LogP contribution in [0.3, 0.4) is 0 Å². The number of hydrogen-bond donors (Lipinski definition) is 11. The average molecular weight is 929 g/mol. The van der Waals surface area contributed by atoms with E-state index in [0.717, 1.165) is 44.1 Å². The Morgan fingerprint density at radius 2 is 1.26 bits per heavy atom. The third kappa shape index (κ3) is 8.03. The van der Waals surface area contributed by atoms with E-state index in [1.165, 1.54) is 19.3 Å². The molecular weight excluding hydrogens is 849 g/mol. The van der Waals surface area contributed by atoms with Gasteiger partial charge in [-0.1, -0.05) is 46.3 Å². The van der Waals surface area contributed by atoms with Gasteiger partial charge in [-0.15, -0.1) is 0 Å². The Hall–Kier alpha value is -0.940. The van der Waals surface area contributed by atoms with Gasteiger partial charge in [0, 0.05) is 0 Å². The number of hydrogen-bond acceptors (Lipinski definition) is 17.